The van der Waals surface area contributed by atoms with E-state index in [1.165, 1.54) is 45.8 Å². The topological polar surface area (TPSA) is 179 Å². The summed E-state index contributed by atoms with van der Waals surface area (Å²) in [5, 5.41) is 17.0. The van der Waals surface area contributed by atoms with Crippen LogP contribution in [0.4, 0.5) is 11.5 Å². The fourth-order valence-electron chi connectivity index (χ4n) is 8.34. The molecular formula is C40H46N10O6. The molecule has 4 aliphatic rings. The van der Waals surface area contributed by atoms with Crippen LogP contribution < -0.4 is 25.0 Å². The molecule has 1 unspecified atom stereocenters. The molecule has 9 rings (SSSR count). The third kappa shape index (κ3) is 7.48. The van der Waals surface area contributed by atoms with Crippen molar-refractivity contribution >= 4 is 51.7 Å². The summed E-state index contributed by atoms with van der Waals surface area (Å²) in [6, 6.07) is 10.5. The fraction of sp³-hybridized carbons (Fsp3) is 0.425. The molecule has 6 heterocycles. The van der Waals surface area contributed by atoms with Crippen LogP contribution in [0.15, 0.2) is 55.0 Å². The average Bonchev–Trinajstić information content (AvgIpc) is 3.95. The largest absolute Gasteiger partial charge is 0.496 e. The van der Waals surface area contributed by atoms with Crippen molar-refractivity contribution in [3.05, 3.63) is 71.7 Å². The number of fused-ring (bicyclic) bond motifs is 3. The Bertz CT molecular complexity index is 2270. The van der Waals surface area contributed by atoms with Gasteiger partial charge in [0.15, 0.2) is 11.5 Å². The van der Waals surface area contributed by atoms with Crippen LogP contribution in [0, 0.1) is 5.92 Å². The van der Waals surface area contributed by atoms with E-state index in [1.807, 2.05) is 6.07 Å². The van der Waals surface area contributed by atoms with Crippen LogP contribution in [-0.4, -0.2) is 111 Å². The molecule has 56 heavy (non-hydrogen) atoms. The molecule has 1 saturated carbocycles. The van der Waals surface area contributed by atoms with E-state index >= 15 is 0 Å². The minimum atomic E-state index is -0.612. The zero-order chi connectivity index (χ0) is 38.8. The van der Waals surface area contributed by atoms with Gasteiger partial charge in [0, 0.05) is 75.1 Å². The molecule has 1 atom stereocenters. The molecule has 16 heteroatoms. The van der Waals surface area contributed by atoms with Crippen LogP contribution in [0.25, 0.3) is 16.6 Å². The first kappa shape index (κ1) is 36.9. The summed E-state index contributed by atoms with van der Waals surface area (Å²) in [7, 11) is 3.10. The number of aromatic amines is 1. The van der Waals surface area contributed by atoms with Gasteiger partial charge in [0.25, 0.3) is 11.8 Å². The van der Waals surface area contributed by atoms with Crippen LogP contribution in [0.3, 0.4) is 0 Å². The number of imidazole rings is 1. The maximum Gasteiger partial charge on any atom is 0.260 e. The van der Waals surface area contributed by atoms with Gasteiger partial charge in [-0.1, -0.05) is 19.3 Å². The van der Waals surface area contributed by atoms with Crippen molar-refractivity contribution in [3.63, 3.8) is 0 Å². The van der Waals surface area contributed by atoms with E-state index in [9.17, 15) is 19.2 Å². The zero-order valence-electron chi connectivity index (χ0n) is 31.6. The first-order valence-electron chi connectivity index (χ1n) is 19.2. The number of hydrogen-bond acceptors (Lipinski definition) is 11. The number of nitrogens with one attached hydrogen (secondary N) is 3. The molecule has 292 valence electrons. The predicted molar refractivity (Wildman–Crippen MR) is 208 cm³/mol. The summed E-state index contributed by atoms with van der Waals surface area (Å²) >= 11 is 0. The van der Waals surface area contributed by atoms with Gasteiger partial charge in [-0.2, -0.15) is 14.7 Å². The van der Waals surface area contributed by atoms with E-state index in [0.717, 1.165) is 54.3 Å². The average molecular weight is 763 g/mol. The van der Waals surface area contributed by atoms with Gasteiger partial charge in [0.05, 0.1) is 43.3 Å². The molecule has 2 saturated heterocycles. The Balaban J connectivity index is 0.000000168. The number of piperazine rings is 1. The second-order valence-electron chi connectivity index (χ2n) is 14.8. The van der Waals surface area contributed by atoms with Crippen LogP contribution in [-0.2, 0) is 16.1 Å². The van der Waals surface area contributed by atoms with Gasteiger partial charge >= 0.3 is 0 Å². The van der Waals surface area contributed by atoms with E-state index in [1.54, 1.807) is 59.4 Å². The lowest BCUT2D eigenvalue weighted by Gasteiger charge is -2.38. The van der Waals surface area contributed by atoms with Gasteiger partial charge < -0.3 is 24.6 Å². The normalized spacial score (nSPS) is 19.1. The molecule has 4 amide bonds. The van der Waals surface area contributed by atoms with Crippen molar-refractivity contribution in [3.8, 4) is 11.5 Å². The summed E-state index contributed by atoms with van der Waals surface area (Å²) in [4.78, 5) is 60.4. The number of benzene rings is 2. The molecule has 0 radical (unpaired) electrons. The number of carbonyl (C=O) groups is 4. The third-order valence-corrected chi connectivity index (χ3v) is 11.3. The number of methoxy groups -OCH3 is 2. The minimum Gasteiger partial charge on any atom is -0.496 e. The van der Waals surface area contributed by atoms with Crippen molar-refractivity contribution in [2.75, 3.05) is 57.2 Å². The third-order valence-electron chi connectivity index (χ3n) is 11.3. The van der Waals surface area contributed by atoms with E-state index in [0.29, 0.717) is 47.1 Å². The van der Waals surface area contributed by atoms with E-state index in [2.05, 4.69) is 46.8 Å². The highest BCUT2D eigenvalue weighted by atomic mass is 16.5. The zero-order valence-corrected chi connectivity index (χ0v) is 31.6. The van der Waals surface area contributed by atoms with Crippen molar-refractivity contribution in [2.24, 2.45) is 5.92 Å². The molecular weight excluding hydrogens is 717 g/mol. The number of aromatic nitrogens is 5. The molecule has 3 N–H and O–H groups in total. The lowest BCUT2D eigenvalue weighted by Crippen LogP contribution is -2.52. The first-order chi connectivity index (χ1) is 27.3. The van der Waals surface area contributed by atoms with Crippen LogP contribution in [0.2, 0.25) is 0 Å². The number of hydrogen-bond donors (Lipinski definition) is 3. The first-order valence-corrected chi connectivity index (χ1v) is 19.2. The van der Waals surface area contributed by atoms with Gasteiger partial charge in [0.2, 0.25) is 11.8 Å². The highest BCUT2D eigenvalue weighted by Crippen LogP contribution is 2.38. The Morgan fingerprint density at radius 1 is 0.946 bits per heavy atom. The quantitative estimate of drug-likeness (QED) is 0.195. The second kappa shape index (κ2) is 16.0. The molecule has 0 spiro atoms. The summed E-state index contributed by atoms with van der Waals surface area (Å²) in [5.41, 5.74) is 4.37. The number of piperidine rings is 1. The fourth-order valence-corrected chi connectivity index (χ4v) is 8.34. The standard InChI is InChI=1S/C25H34N4O4.C15H12N6O2/c1-33-21-14-19(28-11-9-27(10-12-28)15-17-5-3-2-4-6-17)13-18-16-29(25(32)23(18)21)20-7-8-22(30)26-24(20)31;1-23-12-6-11-9(7-17-20-11)5-10(12)15(22)19-14-8-16-13-3-2-4-18-21(13)14/h13-14,17,20H,2-12,15-16H2,1H3,(H,26,30,31);2-8H,1H3,(H,17,20)(H,19,22). The Morgan fingerprint density at radius 3 is 2.52 bits per heavy atom. The molecule has 1 aliphatic carbocycles. The maximum atomic E-state index is 13.2. The predicted octanol–water partition coefficient (Wildman–Crippen LogP) is 4.03. The van der Waals surface area contributed by atoms with Crippen LogP contribution in [0.1, 0.15) is 71.2 Å². The molecule has 2 aromatic carbocycles. The smallest absolute Gasteiger partial charge is 0.260 e. The SMILES string of the molecule is COc1cc(N2CCN(CC3CCCCC3)CC2)cc2c1C(=O)N(C1CCC(=O)NC1=O)C2.COc1cc2[nH]ncc2cc1C(=O)Nc1cnc2cccnn12. The number of H-pyrrole nitrogens is 1. The van der Waals surface area contributed by atoms with E-state index in [-0.39, 0.29) is 30.0 Å². The minimum absolute atomic E-state index is 0.194. The molecule has 0 bridgehead atoms. The molecule has 3 fully saturated rings. The van der Waals surface area contributed by atoms with Gasteiger partial charge in [-0.25, -0.2) is 4.98 Å². The lowest BCUT2D eigenvalue weighted by molar-refractivity contribution is -0.136. The number of amides is 4. The summed E-state index contributed by atoms with van der Waals surface area (Å²) < 4.78 is 12.5. The van der Waals surface area contributed by atoms with E-state index < -0.39 is 6.04 Å². The second-order valence-corrected chi connectivity index (χ2v) is 14.8. The van der Waals surface area contributed by atoms with Gasteiger partial charge in [-0.05, 0) is 55.0 Å². The van der Waals surface area contributed by atoms with Gasteiger partial charge in [0.1, 0.15) is 17.5 Å². The number of rotatable bonds is 8. The lowest BCUT2D eigenvalue weighted by atomic mass is 9.89. The van der Waals surface area contributed by atoms with Gasteiger partial charge in [-0.15, -0.1) is 0 Å². The van der Waals surface area contributed by atoms with Crippen molar-refractivity contribution in [1.82, 2.24) is 39.9 Å². The highest BCUT2D eigenvalue weighted by molar-refractivity contribution is 6.08. The summed E-state index contributed by atoms with van der Waals surface area (Å²) in [6.07, 6.45) is 12.4. The molecule has 3 aliphatic heterocycles. The highest BCUT2D eigenvalue weighted by Gasteiger charge is 2.41. The maximum absolute atomic E-state index is 13.2. The summed E-state index contributed by atoms with van der Waals surface area (Å²) in [5.74, 6) is 1.20. The number of ether oxygens (including phenoxy) is 2. The van der Waals surface area contributed by atoms with Crippen molar-refractivity contribution in [2.45, 2.75) is 57.5 Å². The number of anilines is 2. The van der Waals surface area contributed by atoms with Crippen molar-refractivity contribution < 1.29 is 28.7 Å². The van der Waals surface area contributed by atoms with Crippen molar-refractivity contribution in [1.29, 1.82) is 0 Å². The Morgan fingerprint density at radius 2 is 1.75 bits per heavy atom. The van der Waals surface area contributed by atoms with Crippen LogP contribution in [0.5, 0.6) is 11.5 Å². The monoisotopic (exact) mass is 762 g/mol. The molecule has 16 nitrogen and oxygen atoms in total. The summed E-state index contributed by atoms with van der Waals surface area (Å²) in [6.45, 7) is 5.61. The Labute approximate surface area is 323 Å². The van der Waals surface area contributed by atoms with E-state index in [4.69, 9.17) is 9.47 Å². The van der Waals surface area contributed by atoms with Gasteiger partial charge in [-0.3, -0.25) is 34.5 Å². The Kier molecular flexibility index (Phi) is 10.5. The number of nitrogens with zero attached hydrogens (tertiary/aromatic N) is 7. The number of imide groups is 1. The Hall–Kier alpha value is -6.03. The molecule has 5 aromatic rings. The van der Waals surface area contributed by atoms with Crippen LogP contribution >= 0.6 is 0 Å². The molecule has 3 aromatic heterocycles. The number of carbonyl (C=O) groups excluding carboxylic acids is 4.